The standard InChI is InChI=1S/C23H24N2O3S/c1-16-8-10-17(11-9-16)13-21-23(27)25(19-6-2-3-7-20(19)29-21)15-22(26)24-14-18-5-4-12-28-18/h2-3,6-11,13,18H,4-5,12,14-15H2,1H3,(H,24,26). The largest absolute Gasteiger partial charge is 0.376 e. The number of rotatable bonds is 5. The van der Waals surface area contributed by atoms with E-state index in [0.29, 0.717) is 11.4 Å². The SMILES string of the molecule is Cc1ccc(C=C2Sc3ccccc3N(CC(=O)NCC3CCCO3)C2=O)cc1. The van der Waals surface area contributed by atoms with Crippen LogP contribution in [0.2, 0.25) is 0 Å². The van der Waals surface area contributed by atoms with Gasteiger partial charge in [-0.05, 0) is 43.5 Å². The van der Waals surface area contributed by atoms with E-state index in [2.05, 4.69) is 5.32 Å². The zero-order chi connectivity index (χ0) is 20.2. The molecule has 2 heterocycles. The minimum absolute atomic E-state index is 0.00559. The van der Waals surface area contributed by atoms with Crippen molar-refractivity contribution in [2.45, 2.75) is 30.8 Å². The van der Waals surface area contributed by atoms with Gasteiger partial charge in [0.15, 0.2) is 0 Å². The maximum atomic E-state index is 13.2. The van der Waals surface area contributed by atoms with Crippen LogP contribution in [0.1, 0.15) is 24.0 Å². The minimum atomic E-state index is -0.176. The number of nitrogens with one attached hydrogen (secondary N) is 1. The van der Waals surface area contributed by atoms with E-state index < -0.39 is 0 Å². The summed E-state index contributed by atoms with van der Waals surface area (Å²) in [4.78, 5) is 28.9. The van der Waals surface area contributed by atoms with E-state index in [1.807, 2.05) is 61.5 Å². The van der Waals surface area contributed by atoms with Crippen LogP contribution in [0.3, 0.4) is 0 Å². The molecule has 0 aliphatic carbocycles. The summed E-state index contributed by atoms with van der Waals surface area (Å²) < 4.78 is 5.55. The Bertz CT molecular complexity index is 933. The van der Waals surface area contributed by atoms with Crippen LogP contribution in [0.25, 0.3) is 6.08 Å². The number of amides is 2. The van der Waals surface area contributed by atoms with E-state index in [-0.39, 0.29) is 24.5 Å². The van der Waals surface area contributed by atoms with Crippen molar-refractivity contribution in [2.75, 3.05) is 24.6 Å². The molecule has 0 spiro atoms. The van der Waals surface area contributed by atoms with Gasteiger partial charge in [-0.3, -0.25) is 14.5 Å². The lowest BCUT2D eigenvalue weighted by Gasteiger charge is -2.30. The Labute approximate surface area is 175 Å². The van der Waals surface area contributed by atoms with Crippen molar-refractivity contribution in [3.05, 3.63) is 64.6 Å². The molecule has 4 rings (SSSR count). The first kappa shape index (κ1) is 19.7. The van der Waals surface area contributed by atoms with E-state index in [1.54, 1.807) is 4.90 Å². The molecule has 1 unspecified atom stereocenters. The molecule has 1 N–H and O–H groups in total. The number of carbonyl (C=O) groups is 2. The van der Waals surface area contributed by atoms with Gasteiger partial charge in [0.2, 0.25) is 5.91 Å². The highest BCUT2D eigenvalue weighted by atomic mass is 32.2. The van der Waals surface area contributed by atoms with Gasteiger partial charge in [0.05, 0.1) is 16.7 Å². The van der Waals surface area contributed by atoms with E-state index in [4.69, 9.17) is 4.74 Å². The van der Waals surface area contributed by atoms with Gasteiger partial charge in [-0.2, -0.15) is 0 Å². The Kier molecular flexibility index (Phi) is 6.02. The molecule has 0 radical (unpaired) electrons. The van der Waals surface area contributed by atoms with E-state index >= 15 is 0 Å². The molecule has 1 fully saturated rings. The van der Waals surface area contributed by atoms with Crippen LogP contribution < -0.4 is 10.2 Å². The third kappa shape index (κ3) is 4.71. The maximum absolute atomic E-state index is 13.2. The summed E-state index contributed by atoms with van der Waals surface area (Å²) in [5, 5.41) is 2.91. The highest BCUT2D eigenvalue weighted by Crippen LogP contribution is 2.41. The first-order chi connectivity index (χ1) is 14.1. The number of ether oxygens (including phenoxy) is 1. The van der Waals surface area contributed by atoms with Crippen molar-refractivity contribution in [1.29, 1.82) is 0 Å². The Morgan fingerprint density at radius 3 is 2.79 bits per heavy atom. The number of para-hydroxylation sites is 1. The number of hydrogen-bond acceptors (Lipinski definition) is 4. The second kappa shape index (κ2) is 8.84. The molecular weight excluding hydrogens is 384 g/mol. The Hall–Kier alpha value is -2.57. The zero-order valence-corrected chi connectivity index (χ0v) is 17.2. The molecule has 150 valence electrons. The Morgan fingerprint density at radius 2 is 2.03 bits per heavy atom. The van der Waals surface area contributed by atoms with Crippen molar-refractivity contribution in [3.63, 3.8) is 0 Å². The summed E-state index contributed by atoms with van der Waals surface area (Å²) in [6, 6.07) is 15.7. The normalized spacial score (nSPS) is 20.0. The van der Waals surface area contributed by atoms with Crippen LogP contribution in [-0.4, -0.2) is 37.6 Å². The van der Waals surface area contributed by atoms with Gasteiger partial charge >= 0.3 is 0 Å². The number of fused-ring (bicyclic) bond motifs is 1. The Balaban J connectivity index is 1.53. The molecule has 0 saturated carbocycles. The summed E-state index contributed by atoms with van der Waals surface area (Å²) in [6.07, 6.45) is 3.96. The molecule has 29 heavy (non-hydrogen) atoms. The molecule has 2 aliphatic heterocycles. The predicted octanol–water partition coefficient (Wildman–Crippen LogP) is 3.77. The predicted molar refractivity (Wildman–Crippen MR) is 116 cm³/mol. The highest BCUT2D eigenvalue weighted by molar-refractivity contribution is 8.04. The van der Waals surface area contributed by atoms with Crippen LogP contribution in [0.5, 0.6) is 0 Å². The third-order valence-electron chi connectivity index (χ3n) is 5.06. The average molecular weight is 409 g/mol. The molecule has 2 aliphatic rings. The summed E-state index contributed by atoms with van der Waals surface area (Å²) in [7, 11) is 0. The summed E-state index contributed by atoms with van der Waals surface area (Å²) in [6.45, 7) is 3.27. The van der Waals surface area contributed by atoms with Crippen molar-refractivity contribution >= 4 is 35.3 Å². The van der Waals surface area contributed by atoms with Crippen LogP contribution in [0.15, 0.2) is 58.3 Å². The zero-order valence-electron chi connectivity index (χ0n) is 16.4. The average Bonchev–Trinajstić information content (AvgIpc) is 3.25. The first-order valence-electron chi connectivity index (χ1n) is 9.85. The lowest BCUT2D eigenvalue weighted by Crippen LogP contribution is -2.44. The molecule has 2 aromatic carbocycles. The molecule has 2 aromatic rings. The second-order valence-corrected chi connectivity index (χ2v) is 8.40. The second-order valence-electron chi connectivity index (χ2n) is 7.32. The van der Waals surface area contributed by atoms with Gasteiger partial charge in [0, 0.05) is 18.0 Å². The molecule has 1 atom stereocenters. The number of carbonyl (C=O) groups excluding carboxylic acids is 2. The fourth-order valence-corrected chi connectivity index (χ4v) is 4.52. The minimum Gasteiger partial charge on any atom is -0.376 e. The molecular formula is C23H24N2O3S. The van der Waals surface area contributed by atoms with Gasteiger partial charge in [-0.25, -0.2) is 0 Å². The summed E-state index contributed by atoms with van der Waals surface area (Å²) in [5.74, 6) is -0.327. The van der Waals surface area contributed by atoms with Crippen molar-refractivity contribution < 1.29 is 14.3 Å². The maximum Gasteiger partial charge on any atom is 0.265 e. The van der Waals surface area contributed by atoms with Crippen LogP contribution in [-0.2, 0) is 14.3 Å². The topological polar surface area (TPSA) is 58.6 Å². The molecule has 1 saturated heterocycles. The molecule has 0 bridgehead atoms. The fourth-order valence-electron chi connectivity index (χ4n) is 3.47. The van der Waals surface area contributed by atoms with E-state index in [0.717, 1.165) is 35.6 Å². The van der Waals surface area contributed by atoms with Crippen LogP contribution in [0, 0.1) is 6.92 Å². The number of anilines is 1. The quantitative estimate of drug-likeness (QED) is 0.765. The highest BCUT2D eigenvalue weighted by Gasteiger charge is 2.30. The lowest BCUT2D eigenvalue weighted by molar-refractivity contribution is -0.122. The number of thioether (sulfide) groups is 1. The summed E-state index contributed by atoms with van der Waals surface area (Å²) in [5.41, 5.74) is 2.91. The first-order valence-corrected chi connectivity index (χ1v) is 10.7. The van der Waals surface area contributed by atoms with Crippen LogP contribution in [0.4, 0.5) is 5.69 Å². The number of hydrogen-bond donors (Lipinski definition) is 1. The van der Waals surface area contributed by atoms with Crippen molar-refractivity contribution in [1.82, 2.24) is 5.32 Å². The van der Waals surface area contributed by atoms with Crippen molar-refractivity contribution in [3.8, 4) is 0 Å². The number of aryl methyl sites for hydroxylation is 1. The van der Waals surface area contributed by atoms with Crippen LogP contribution >= 0.6 is 11.8 Å². The fraction of sp³-hybridized carbons (Fsp3) is 0.304. The van der Waals surface area contributed by atoms with Gasteiger partial charge in [0.25, 0.3) is 5.91 Å². The van der Waals surface area contributed by atoms with Gasteiger partial charge in [-0.1, -0.05) is 53.7 Å². The van der Waals surface area contributed by atoms with Gasteiger partial charge < -0.3 is 10.1 Å². The summed E-state index contributed by atoms with van der Waals surface area (Å²) >= 11 is 1.45. The van der Waals surface area contributed by atoms with Gasteiger partial charge in [-0.15, -0.1) is 0 Å². The third-order valence-corrected chi connectivity index (χ3v) is 6.14. The van der Waals surface area contributed by atoms with E-state index in [1.165, 1.54) is 17.3 Å². The Morgan fingerprint density at radius 1 is 1.24 bits per heavy atom. The lowest BCUT2D eigenvalue weighted by atomic mass is 10.1. The monoisotopic (exact) mass is 408 g/mol. The van der Waals surface area contributed by atoms with Crippen molar-refractivity contribution in [2.24, 2.45) is 0 Å². The number of benzene rings is 2. The smallest absolute Gasteiger partial charge is 0.265 e. The molecule has 5 nitrogen and oxygen atoms in total. The molecule has 2 amide bonds. The number of nitrogens with zero attached hydrogens (tertiary/aromatic N) is 1. The molecule has 6 heteroatoms. The van der Waals surface area contributed by atoms with Gasteiger partial charge in [0.1, 0.15) is 6.54 Å². The molecule has 0 aromatic heterocycles. The van der Waals surface area contributed by atoms with E-state index in [9.17, 15) is 9.59 Å².